The summed E-state index contributed by atoms with van der Waals surface area (Å²) in [4.78, 5) is 0. The van der Waals surface area contributed by atoms with E-state index in [4.69, 9.17) is 11.6 Å². The molecule has 0 bridgehead atoms. The fraction of sp³-hybridized carbons (Fsp3) is 0.538. The van der Waals surface area contributed by atoms with Gasteiger partial charge >= 0.3 is 0 Å². The lowest BCUT2D eigenvalue weighted by Gasteiger charge is -2.19. The second-order valence-electron chi connectivity index (χ2n) is 4.51. The molecule has 0 spiro atoms. The molecule has 1 fully saturated rings. The molecule has 1 aliphatic rings. The first-order valence-corrected chi connectivity index (χ1v) is 7.30. The SMILES string of the molecule is CSC1(CNC(C)c2ccccc2Cl)CC1. The van der Waals surface area contributed by atoms with Gasteiger partial charge in [0.1, 0.15) is 0 Å². The van der Waals surface area contributed by atoms with Gasteiger partial charge in [-0.15, -0.1) is 0 Å². The Bertz CT molecular complexity index is 363. The van der Waals surface area contributed by atoms with Gasteiger partial charge in [0.25, 0.3) is 0 Å². The van der Waals surface area contributed by atoms with E-state index in [1.807, 2.05) is 30.0 Å². The van der Waals surface area contributed by atoms with E-state index >= 15 is 0 Å². The van der Waals surface area contributed by atoms with Crippen molar-refractivity contribution >= 4 is 23.4 Å². The van der Waals surface area contributed by atoms with E-state index in [9.17, 15) is 0 Å². The van der Waals surface area contributed by atoms with Crippen molar-refractivity contribution in [2.75, 3.05) is 12.8 Å². The van der Waals surface area contributed by atoms with Crippen LogP contribution in [0, 0.1) is 0 Å². The predicted molar refractivity (Wildman–Crippen MR) is 73.3 cm³/mol. The minimum absolute atomic E-state index is 0.332. The highest BCUT2D eigenvalue weighted by molar-refractivity contribution is 8.00. The Balaban J connectivity index is 1.93. The Labute approximate surface area is 107 Å². The van der Waals surface area contributed by atoms with Crippen LogP contribution in [-0.4, -0.2) is 17.5 Å². The summed E-state index contributed by atoms with van der Waals surface area (Å²) in [6.45, 7) is 3.26. The topological polar surface area (TPSA) is 12.0 Å². The molecule has 1 N–H and O–H groups in total. The maximum absolute atomic E-state index is 6.17. The first-order chi connectivity index (χ1) is 7.67. The highest BCUT2D eigenvalue weighted by Crippen LogP contribution is 2.46. The van der Waals surface area contributed by atoms with Crippen molar-refractivity contribution in [3.8, 4) is 0 Å². The summed E-state index contributed by atoms with van der Waals surface area (Å²) in [7, 11) is 0. The average Bonchev–Trinajstić information content (AvgIpc) is 3.07. The summed E-state index contributed by atoms with van der Waals surface area (Å²) >= 11 is 8.16. The number of hydrogen-bond acceptors (Lipinski definition) is 2. The van der Waals surface area contributed by atoms with Gasteiger partial charge in [0, 0.05) is 22.4 Å². The first kappa shape index (κ1) is 12.3. The maximum Gasteiger partial charge on any atom is 0.0453 e. The van der Waals surface area contributed by atoms with Gasteiger partial charge in [-0.3, -0.25) is 0 Å². The second-order valence-corrected chi connectivity index (χ2v) is 6.19. The zero-order valence-electron chi connectivity index (χ0n) is 9.79. The molecule has 0 amide bonds. The maximum atomic E-state index is 6.17. The van der Waals surface area contributed by atoms with Crippen molar-refractivity contribution in [3.05, 3.63) is 34.9 Å². The largest absolute Gasteiger partial charge is 0.309 e. The van der Waals surface area contributed by atoms with Gasteiger partial charge < -0.3 is 5.32 Å². The van der Waals surface area contributed by atoms with Gasteiger partial charge in [0.2, 0.25) is 0 Å². The van der Waals surface area contributed by atoms with Crippen LogP contribution in [0.3, 0.4) is 0 Å². The van der Waals surface area contributed by atoms with Crippen LogP contribution in [0.4, 0.5) is 0 Å². The van der Waals surface area contributed by atoms with Crippen LogP contribution in [-0.2, 0) is 0 Å². The normalized spacial score (nSPS) is 19.4. The number of hydrogen-bond donors (Lipinski definition) is 1. The highest BCUT2D eigenvalue weighted by Gasteiger charge is 2.41. The van der Waals surface area contributed by atoms with Gasteiger partial charge in [-0.1, -0.05) is 29.8 Å². The summed E-state index contributed by atoms with van der Waals surface area (Å²) in [5.74, 6) is 0. The molecule has 0 heterocycles. The number of nitrogens with one attached hydrogen (secondary N) is 1. The molecular formula is C13H18ClNS. The third kappa shape index (κ3) is 2.73. The molecule has 1 atom stereocenters. The summed E-state index contributed by atoms with van der Waals surface area (Å²) in [5, 5.41) is 4.45. The van der Waals surface area contributed by atoms with Gasteiger partial charge in [-0.2, -0.15) is 11.8 Å². The van der Waals surface area contributed by atoms with E-state index in [-0.39, 0.29) is 0 Å². The van der Waals surface area contributed by atoms with Gasteiger partial charge in [-0.05, 0) is 37.7 Å². The Morgan fingerprint density at radius 2 is 2.12 bits per heavy atom. The standard InChI is InChI=1S/C13H18ClNS/c1-10(11-5-3-4-6-12(11)14)15-9-13(16-2)7-8-13/h3-6,10,15H,7-9H2,1-2H3. The van der Waals surface area contributed by atoms with Crippen LogP contribution in [0.1, 0.15) is 31.4 Å². The summed E-state index contributed by atoms with van der Waals surface area (Å²) < 4.78 is 0.509. The molecule has 1 aliphatic carbocycles. The molecule has 1 unspecified atom stereocenters. The Morgan fingerprint density at radius 3 is 2.69 bits per heavy atom. The smallest absolute Gasteiger partial charge is 0.0453 e. The minimum atomic E-state index is 0.332. The zero-order chi connectivity index (χ0) is 11.6. The van der Waals surface area contributed by atoms with Crippen LogP contribution in [0.5, 0.6) is 0 Å². The van der Waals surface area contributed by atoms with E-state index in [2.05, 4.69) is 24.6 Å². The molecule has 1 saturated carbocycles. The predicted octanol–water partition coefficient (Wildman–Crippen LogP) is 3.89. The first-order valence-electron chi connectivity index (χ1n) is 5.70. The number of halogens is 1. The molecule has 2 rings (SSSR count). The third-order valence-electron chi connectivity index (χ3n) is 3.34. The average molecular weight is 256 g/mol. The number of thioether (sulfide) groups is 1. The molecule has 0 aromatic heterocycles. The van der Waals surface area contributed by atoms with E-state index < -0.39 is 0 Å². The van der Waals surface area contributed by atoms with Gasteiger partial charge in [0.05, 0.1) is 0 Å². The molecule has 16 heavy (non-hydrogen) atoms. The molecule has 3 heteroatoms. The summed E-state index contributed by atoms with van der Waals surface area (Å²) in [6, 6.07) is 8.40. The van der Waals surface area contributed by atoms with Crippen molar-refractivity contribution in [2.24, 2.45) is 0 Å². The van der Waals surface area contributed by atoms with Crippen molar-refractivity contribution in [3.63, 3.8) is 0 Å². The monoisotopic (exact) mass is 255 g/mol. The molecular weight excluding hydrogens is 238 g/mol. The van der Waals surface area contributed by atoms with E-state index in [0.717, 1.165) is 11.6 Å². The van der Waals surface area contributed by atoms with E-state index in [1.54, 1.807) is 0 Å². The fourth-order valence-corrected chi connectivity index (χ4v) is 2.91. The lowest BCUT2D eigenvalue weighted by molar-refractivity contribution is 0.563. The molecule has 0 saturated heterocycles. The van der Waals surface area contributed by atoms with Crippen molar-refractivity contribution in [1.29, 1.82) is 0 Å². The molecule has 1 nitrogen and oxygen atoms in total. The van der Waals surface area contributed by atoms with Crippen molar-refractivity contribution in [2.45, 2.75) is 30.6 Å². The third-order valence-corrected chi connectivity index (χ3v) is 5.11. The van der Waals surface area contributed by atoms with Crippen molar-refractivity contribution < 1.29 is 0 Å². The van der Waals surface area contributed by atoms with Crippen LogP contribution < -0.4 is 5.32 Å². The van der Waals surface area contributed by atoms with Crippen LogP contribution in [0.15, 0.2) is 24.3 Å². The molecule has 1 aromatic rings. The fourth-order valence-electron chi connectivity index (χ4n) is 1.87. The van der Waals surface area contributed by atoms with Crippen LogP contribution >= 0.6 is 23.4 Å². The molecule has 1 aromatic carbocycles. The van der Waals surface area contributed by atoms with Crippen LogP contribution in [0.25, 0.3) is 0 Å². The van der Waals surface area contributed by atoms with E-state index in [0.29, 0.717) is 10.8 Å². The Hall–Kier alpha value is -0.180. The van der Waals surface area contributed by atoms with E-state index in [1.165, 1.54) is 18.4 Å². The summed E-state index contributed by atoms with van der Waals surface area (Å²) in [6.07, 6.45) is 4.89. The number of benzene rings is 1. The molecule has 0 aliphatic heterocycles. The van der Waals surface area contributed by atoms with Crippen molar-refractivity contribution in [1.82, 2.24) is 5.32 Å². The lowest BCUT2D eigenvalue weighted by Crippen LogP contribution is -2.28. The quantitative estimate of drug-likeness (QED) is 0.857. The van der Waals surface area contributed by atoms with Gasteiger partial charge in [0.15, 0.2) is 0 Å². The highest BCUT2D eigenvalue weighted by atomic mass is 35.5. The minimum Gasteiger partial charge on any atom is -0.309 e. The zero-order valence-corrected chi connectivity index (χ0v) is 11.4. The van der Waals surface area contributed by atoms with Crippen LogP contribution in [0.2, 0.25) is 5.02 Å². The summed E-state index contributed by atoms with van der Waals surface area (Å²) in [5.41, 5.74) is 1.20. The Morgan fingerprint density at radius 1 is 1.44 bits per heavy atom. The lowest BCUT2D eigenvalue weighted by atomic mass is 10.1. The molecule has 88 valence electrons. The number of rotatable bonds is 5. The second kappa shape index (κ2) is 4.99. The van der Waals surface area contributed by atoms with Gasteiger partial charge in [-0.25, -0.2) is 0 Å². The molecule has 0 radical (unpaired) electrons. The Kier molecular flexibility index (Phi) is 3.83.